The molecular weight excluding hydrogens is 935 g/mol. The maximum Gasteiger partial charge on any atom is 0.193 e. The minimum absolute atomic E-state index is 0.0845. The molecule has 0 unspecified atom stereocenters. The molecule has 1 aliphatic carbocycles. The molecule has 2 aliphatic rings. The van der Waals surface area contributed by atoms with Crippen LogP contribution in [0, 0.1) is 0 Å². The van der Waals surface area contributed by atoms with E-state index in [0.29, 0.717) is 0 Å². The zero-order valence-corrected chi connectivity index (χ0v) is 43.9. The largest absolute Gasteiger partial charge is 0.310 e. The Morgan fingerprint density at radius 3 is 1.14 bits per heavy atom. The first kappa shape index (κ1) is 48.4. The first-order valence-corrected chi connectivity index (χ1v) is 26.8. The van der Waals surface area contributed by atoms with Gasteiger partial charge in [-0.15, -0.1) is 0 Å². The molecule has 11 aromatic rings. The number of anilines is 9. The van der Waals surface area contributed by atoms with E-state index in [1.807, 2.05) is 38.1 Å². The van der Waals surface area contributed by atoms with E-state index < -0.39 is 5.41 Å². The Morgan fingerprint density at radius 1 is 0.325 bits per heavy atom. The normalized spacial score (nSPS) is 13.4. The SMILES string of the molecule is CC.CC1(C)c2ccccc2C(=O)c2ccc(-c3ccc(N4c5cc(N(c6ccccc6)c6ccccc6)ccc5C(c5ccccc5)(c5ccccc5)c5ccc(N(c6ccccc6)c6ccccc6)cc54)cc3)cc21. The van der Waals surface area contributed by atoms with Crippen molar-refractivity contribution in [3.8, 4) is 11.1 Å². The molecule has 1 heterocycles. The quantitative estimate of drug-likeness (QED) is 0.136. The number of nitrogens with zero attached hydrogens (tertiary/aromatic N) is 3. The van der Waals surface area contributed by atoms with Gasteiger partial charge < -0.3 is 14.7 Å². The van der Waals surface area contributed by atoms with E-state index in [9.17, 15) is 4.79 Å². The van der Waals surface area contributed by atoms with Gasteiger partial charge in [-0.3, -0.25) is 4.79 Å². The summed E-state index contributed by atoms with van der Waals surface area (Å²) in [7, 11) is 0. The summed E-state index contributed by atoms with van der Waals surface area (Å²) in [5, 5.41) is 0. The summed E-state index contributed by atoms with van der Waals surface area (Å²) in [4.78, 5) is 21.1. The van der Waals surface area contributed by atoms with Gasteiger partial charge >= 0.3 is 0 Å². The molecule has 0 amide bonds. The summed E-state index contributed by atoms with van der Waals surface area (Å²) in [6.45, 7) is 8.46. The van der Waals surface area contributed by atoms with Gasteiger partial charge in [0, 0.05) is 56.4 Å². The zero-order valence-electron chi connectivity index (χ0n) is 43.9. The molecule has 4 heteroatoms. The molecule has 4 nitrogen and oxygen atoms in total. The summed E-state index contributed by atoms with van der Waals surface area (Å²) < 4.78 is 0. The molecule has 11 aromatic carbocycles. The minimum atomic E-state index is -0.735. The predicted octanol–water partition coefficient (Wildman–Crippen LogP) is 19.4. The predicted molar refractivity (Wildman–Crippen MR) is 321 cm³/mol. The van der Waals surface area contributed by atoms with Gasteiger partial charge in [-0.1, -0.05) is 222 Å². The van der Waals surface area contributed by atoms with Gasteiger partial charge in [0.05, 0.1) is 16.8 Å². The highest BCUT2D eigenvalue weighted by atomic mass is 16.1. The van der Waals surface area contributed by atoms with Crippen LogP contribution in [0.4, 0.5) is 51.2 Å². The molecule has 0 bridgehead atoms. The van der Waals surface area contributed by atoms with E-state index in [1.54, 1.807) is 0 Å². The fraction of sp³-hybridized carbons (Fsp3) is 0.0822. The lowest BCUT2D eigenvalue weighted by atomic mass is 9.62. The average molecular weight is 994 g/mol. The molecule has 0 fully saturated rings. The fourth-order valence-electron chi connectivity index (χ4n) is 12.0. The van der Waals surface area contributed by atoms with Crippen LogP contribution in [0.15, 0.2) is 285 Å². The number of rotatable bonds is 10. The fourth-order valence-corrected chi connectivity index (χ4v) is 12.0. The van der Waals surface area contributed by atoms with Crippen LogP contribution < -0.4 is 14.7 Å². The number of benzene rings is 11. The Labute approximate surface area is 453 Å². The number of carbonyl (C=O) groups excluding carboxylic acids is 1. The summed E-state index contributed by atoms with van der Waals surface area (Å²) in [5.74, 6) is 0.0845. The van der Waals surface area contributed by atoms with Crippen molar-refractivity contribution in [3.63, 3.8) is 0 Å². The van der Waals surface area contributed by atoms with Crippen molar-refractivity contribution in [2.75, 3.05) is 14.7 Å². The van der Waals surface area contributed by atoms with Gasteiger partial charge in [0.2, 0.25) is 0 Å². The molecule has 0 atom stereocenters. The molecule has 77 heavy (non-hydrogen) atoms. The Bertz CT molecular complexity index is 3610. The molecular formula is C73H59N3O. The third-order valence-electron chi connectivity index (χ3n) is 15.5. The number of hydrogen-bond acceptors (Lipinski definition) is 4. The van der Waals surface area contributed by atoms with E-state index in [1.165, 1.54) is 22.3 Å². The summed E-state index contributed by atoms with van der Waals surface area (Å²) in [6, 6.07) is 102. The van der Waals surface area contributed by atoms with E-state index >= 15 is 0 Å². The highest BCUT2D eigenvalue weighted by Gasteiger charge is 2.47. The van der Waals surface area contributed by atoms with Gasteiger partial charge in [0.1, 0.15) is 0 Å². The first-order chi connectivity index (χ1) is 37.9. The van der Waals surface area contributed by atoms with Crippen LogP contribution in [0.25, 0.3) is 11.1 Å². The minimum Gasteiger partial charge on any atom is -0.310 e. The molecule has 1 aliphatic heterocycles. The van der Waals surface area contributed by atoms with Crippen molar-refractivity contribution in [2.24, 2.45) is 0 Å². The van der Waals surface area contributed by atoms with Crippen LogP contribution in [0.3, 0.4) is 0 Å². The van der Waals surface area contributed by atoms with Crippen LogP contribution >= 0.6 is 0 Å². The Kier molecular flexibility index (Phi) is 12.8. The van der Waals surface area contributed by atoms with Crippen molar-refractivity contribution in [3.05, 3.63) is 330 Å². The Morgan fingerprint density at radius 2 is 0.701 bits per heavy atom. The van der Waals surface area contributed by atoms with Crippen LogP contribution in [0.1, 0.15) is 77.0 Å². The van der Waals surface area contributed by atoms with Crippen LogP contribution in [-0.2, 0) is 10.8 Å². The lowest BCUT2D eigenvalue weighted by molar-refractivity contribution is 0.103. The third kappa shape index (κ3) is 8.30. The van der Waals surface area contributed by atoms with Gasteiger partial charge in [0.25, 0.3) is 0 Å². The summed E-state index contributed by atoms with van der Waals surface area (Å²) in [6.07, 6.45) is 0. The van der Waals surface area contributed by atoms with Gasteiger partial charge in [-0.25, -0.2) is 0 Å². The smallest absolute Gasteiger partial charge is 0.193 e. The second kappa shape index (κ2) is 20.3. The van der Waals surface area contributed by atoms with Gasteiger partial charge in [0.15, 0.2) is 5.78 Å². The number of ketones is 1. The van der Waals surface area contributed by atoms with E-state index in [-0.39, 0.29) is 11.2 Å². The molecule has 0 spiro atoms. The lowest BCUT2D eigenvalue weighted by Gasteiger charge is -2.47. The monoisotopic (exact) mass is 993 g/mol. The Balaban J connectivity index is 0.00000295. The molecule has 0 aromatic heterocycles. The van der Waals surface area contributed by atoms with Crippen LogP contribution in [0.2, 0.25) is 0 Å². The van der Waals surface area contributed by atoms with E-state index in [0.717, 1.165) is 84.6 Å². The number of carbonyl (C=O) groups is 1. The number of hydrogen-bond donors (Lipinski definition) is 0. The molecule has 0 saturated heterocycles. The molecule has 0 N–H and O–H groups in total. The molecule has 0 radical (unpaired) electrons. The highest BCUT2D eigenvalue weighted by molar-refractivity contribution is 6.13. The standard InChI is InChI=1S/C71H53N3O.C2H6/c1-70(2)63-36-22-21-35-61(63)69(75)62-44-39-51(47-66(62)70)50-37-40-58(41-38-50)74-67-48-59(72(54-27-13-5-14-28-54)55-29-15-6-16-30-55)42-45-64(67)71(52-23-9-3-10-24-52,53-25-11-4-12-26-53)65-46-43-60(49-68(65)74)73(56-31-17-7-18-32-56)57-33-19-8-20-34-57;1-2/h3-49H,1-2H3;1-2H3. The van der Waals surface area contributed by atoms with Crippen molar-refractivity contribution in [2.45, 2.75) is 38.5 Å². The maximum absolute atomic E-state index is 13.9. The van der Waals surface area contributed by atoms with Crippen LogP contribution in [0.5, 0.6) is 0 Å². The Hall–Kier alpha value is -9.51. The van der Waals surface area contributed by atoms with E-state index in [2.05, 4.69) is 289 Å². The van der Waals surface area contributed by atoms with Gasteiger partial charge in [-0.2, -0.15) is 0 Å². The van der Waals surface area contributed by atoms with Crippen molar-refractivity contribution in [1.29, 1.82) is 0 Å². The lowest BCUT2D eigenvalue weighted by Crippen LogP contribution is -2.38. The number of para-hydroxylation sites is 4. The zero-order chi connectivity index (χ0) is 52.5. The second-order valence-corrected chi connectivity index (χ2v) is 20.0. The third-order valence-corrected chi connectivity index (χ3v) is 15.5. The van der Waals surface area contributed by atoms with E-state index in [4.69, 9.17) is 0 Å². The average Bonchev–Trinajstić information content (AvgIpc) is 3.63. The second-order valence-electron chi connectivity index (χ2n) is 20.0. The highest BCUT2D eigenvalue weighted by Crippen LogP contribution is 2.60. The first-order valence-electron chi connectivity index (χ1n) is 26.8. The van der Waals surface area contributed by atoms with Crippen LogP contribution in [-0.4, -0.2) is 5.78 Å². The maximum atomic E-state index is 13.9. The van der Waals surface area contributed by atoms with Crippen molar-refractivity contribution in [1.82, 2.24) is 0 Å². The van der Waals surface area contributed by atoms with Crippen molar-refractivity contribution >= 4 is 57.0 Å². The topological polar surface area (TPSA) is 26.8 Å². The summed E-state index contributed by atoms with van der Waals surface area (Å²) in [5.41, 5.74) is 18.9. The van der Waals surface area contributed by atoms with Gasteiger partial charge in [-0.05, 0) is 136 Å². The molecule has 0 saturated carbocycles. The molecule has 372 valence electrons. The molecule has 13 rings (SSSR count). The number of fused-ring (bicyclic) bond motifs is 4. The summed E-state index contributed by atoms with van der Waals surface area (Å²) >= 11 is 0. The van der Waals surface area contributed by atoms with Crippen molar-refractivity contribution < 1.29 is 4.79 Å².